The molecule has 1 heterocycles. The first-order chi connectivity index (χ1) is 8.10. The molecule has 0 aliphatic heterocycles. The molecule has 3 nitrogen and oxygen atoms in total. The number of aromatic amines is 1. The molecular weight excluding hydrogens is 280 g/mol. The van der Waals surface area contributed by atoms with E-state index in [4.69, 9.17) is 0 Å². The summed E-state index contributed by atoms with van der Waals surface area (Å²) in [7, 11) is 0. The lowest BCUT2D eigenvalue weighted by atomic mass is 10.1. The van der Waals surface area contributed by atoms with Gasteiger partial charge in [-0.05, 0) is 31.0 Å². The van der Waals surface area contributed by atoms with Crippen molar-refractivity contribution in [1.82, 2.24) is 9.97 Å². The molecule has 0 atom stereocenters. The second-order valence-electron chi connectivity index (χ2n) is 3.90. The number of H-pyrrole nitrogens is 1. The zero-order chi connectivity index (χ0) is 12.4. The van der Waals surface area contributed by atoms with Crippen molar-refractivity contribution in [2.75, 3.05) is 0 Å². The molecular formula is C13H13BrN2O. The fraction of sp³-hybridized carbons (Fsp3) is 0.231. The highest BCUT2D eigenvalue weighted by molar-refractivity contribution is 9.10. The summed E-state index contributed by atoms with van der Waals surface area (Å²) in [4.78, 5) is 18.8. The summed E-state index contributed by atoms with van der Waals surface area (Å²) in [5.74, 6) is 0.633. The Morgan fingerprint density at radius 3 is 2.82 bits per heavy atom. The highest BCUT2D eigenvalue weighted by Crippen LogP contribution is 2.23. The van der Waals surface area contributed by atoms with Gasteiger partial charge in [0.25, 0.3) is 5.56 Å². The number of halogens is 1. The van der Waals surface area contributed by atoms with Crippen LogP contribution in [0.4, 0.5) is 0 Å². The van der Waals surface area contributed by atoms with Crippen molar-refractivity contribution in [1.29, 1.82) is 0 Å². The van der Waals surface area contributed by atoms with Crippen LogP contribution in [0, 0.1) is 6.92 Å². The molecule has 2 aromatic rings. The number of benzene rings is 1. The van der Waals surface area contributed by atoms with E-state index in [9.17, 15) is 4.79 Å². The molecule has 0 fully saturated rings. The van der Waals surface area contributed by atoms with Crippen LogP contribution in [0.5, 0.6) is 0 Å². The molecule has 0 spiro atoms. The SMILES string of the molecule is CCc1cc(=O)[nH]c(-c2cc(Br)ccc2C)n1. The van der Waals surface area contributed by atoms with Gasteiger partial charge in [-0.2, -0.15) is 0 Å². The maximum atomic E-state index is 11.5. The molecule has 0 unspecified atom stereocenters. The predicted molar refractivity (Wildman–Crippen MR) is 72.1 cm³/mol. The third kappa shape index (κ3) is 2.64. The second kappa shape index (κ2) is 4.84. The van der Waals surface area contributed by atoms with Gasteiger partial charge in [-0.25, -0.2) is 4.98 Å². The summed E-state index contributed by atoms with van der Waals surface area (Å²) >= 11 is 3.43. The number of aryl methyl sites for hydroxylation is 2. The van der Waals surface area contributed by atoms with Gasteiger partial charge in [0.1, 0.15) is 5.82 Å². The van der Waals surface area contributed by atoms with Gasteiger partial charge >= 0.3 is 0 Å². The van der Waals surface area contributed by atoms with E-state index in [0.717, 1.165) is 27.7 Å². The second-order valence-corrected chi connectivity index (χ2v) is 4.81. The molecule has 0 saturated carbocycles. The van der Waals surface area contributed by atoms with Crippen LogP contribution < -0.4 is 5.56 Å². The van der Waals surface area contributed by atoms with Crippen molar-refractivity contribution in [2.24, 2.45) is 0 Å². The van der Waals surface area contributed by atoms with Crippen LogP contribution >= 0.6 is 15.9 Å². The third-order valence-electron chi connectivity index (χ3n) is 2.61. The monoisotopic (exact) mass is 292 g/mol. The van der Waals surface area contributed by atoms with Crippen LogP contribution in [0.3, 0.4) is 0 Å². The van der Waals surface area contributed by atoms with Crippen molar-refractivity contribution in [3.05, 3.63) is 50.3 Å². The Kier molecular flexibility index (Phi) is 3.43. The normalized spacial score (nSPS) is 10.5. The maximum absolute atomic E-state index is 11.5. The van der Waals surface area contributed by atoms with Crippen LogP contribution in [0.2, 0.25) is 0 Å². The number of aromatic nitrogens is 2. The lowest BCUT2D eigenvalue weighted by Crippen LogP contribution is -2.10. The Labute approximate surface area is 108 Å². The number of nitrogens with one attached hydrogen (secondary N) is 1. The molecule has 0 aliphatic carbocycles. The lowest BCUT2D eigenvalue weighted by molar-refractivity contribution is 0.985. The zero-order valence-corrected chi connectivity index (χ0v) is 11.3. The van der Waals surface area contributed by atoms with Gasteiger partial charge in [-0.3, -0.25) is 4.79 Å². The van der Waals surface area contributed by atoms with Crippen molar-refractivity contribution >= 4 is 15.9 Å². The molecule has 2 rings (SSSR count). The minimum Gasteiger partial charge on any atom is -0.307 e. The van der Waals surface area contributed by atoms with E-state index in [1.165, 1.54) is 6.07 Å². The Bertz CT molecular complexity index is 605. The van der Waals surface area contributed by atoms with Gasteiger partial charge < -0.3 is 4.98 Å². The molecule has 1 aromatic carbocycles. The fourth-order valence-corrected chi connectivity index (χ4v) is 2.03. The Morgan fingerprint density at radius 2 is 2.12 bits per heavy atom. The molecule has 0 bridgehead atoms. The van der Waals surface area contributed by atoms with Gasteiger partial charge in [-0.15, -0.1) is 0 Å². The fourth-order valence-electron chi connectivity index (χ4n) is 1.67. The Balaban J connectivity index is 2.63. The summed E-state index contributed by atoms with van der Waals surface area (Å²) < 4.78 is 0.975. The number of hydrogen-bond acceptors (Lipinski definition) is 2. The van der Waals surface area contributed by atoms with E-state index in [2.05, 4.69) is 25.9 Å². The third-order valence-corrected chi connectivity index (χ3v) is 3.10. The van der Waals surface area contributed by atoms with Gasteiger partial charge in [0.05, 0.1) is 0 Å². The largest absolute Gasteiger partial charge is 0.307 e. The minimum atomic E-state index is -0.105. The van der Waals surface area contributed by atoms with Crippen molar-refractivity contribution in [3.63, 3.8) is 0 Å². The van der Waals surface area contributed by atoms with Crippen molar-refractivity contribution in [3.8, 4) is 11.4 Å². The van der Waals surface area contributed by atoms with Gasteiger partial charge in [0.2, 0.25) is 0 Å². The van der Waals surface area contributed by atoms with Crippen molar-refractivity contribution in [2.45, 2.75) is 20.3 Å². The number of rotatable bonds is 2. The predicted octanol–water partition coefficient (Wildman–Crippen LogP) is 3.07. The molecule has 0 amide bonds. The topological polar surface area (TPSA) is 45.8 Å². The highest BCUT2D eigenvalue weighted by Gasteiger charge is 2.06. The van der Waals surface area contributed by atoms with E-state index < -0.39 is 0 Å². The summed E-state index contributed by atoms with van der Waals surface area (Å²) in [6.07, 6.45) is 0.754. The molecule has 0 saturated heterocycles. The molecule has 88 valence electrons. The highest BCUT2D eigenvalue weighted by atomic mass is 79.9. The first kappa shape index (κ1) is 12.0. The molecule has 0 radical (unpaired) electrons. The quantitative estimate of drug-likeness (QED) is 0.925. The van der Waals surface area contributed by atoms with Crippen LogP contribution in [0.1, 0.15) is 18.2 Å². The number of hydrogen-bond donors (Lipinski definition) is 1. The van der Waals surface area contributed by atoms with E-state index >= 15 is 0 Å². The first-order valence-corrected chi connectivity index (χ1v) is 6.26. The average molecular weight is 293 g/mol. The smallest absolute Gasteiger partial charge is 0.251 e. The minimum absolute atomic E-state index is 0.105. The van der Waals surface area contributed by atoms with Gasteiger partial charge in [0, 0.05) is 21.8 Å². The summed E-state index contributed by atoms with van der Waals surface area (Å²) in [6, 6.07) is 7.47. The summed E-state index contributed by atoms with van der Waals surface area (Å²) in [5.41, 5.74) is 2.74. The summed E-state index contributed by atoms with van der Waals surface area (Å²) in [6.45, 7) is 3.99. The van der Waals surface area contributed by atoms with Gasteiger partial charge in [0.15, 0.2) is 0 Å². The molecule has 0 aliphatic rings. The van der Waals surface area contributed by atoms with Crippen molar-refractivity contribution < 1.29 is 0 Å². The maximum Gasteiger partial charge on any atom is 0.251 e. The number of nitrogens with zero attached hydrogens (tertiary/aromatic N) is 1. The molecule has 17 heavy (non-hydrogen) atoms. The average Bonchev–Trinajstić information content (AvgIpc) is 2.31. The molecule has 4 heteroatoms. The van der Waals surface area contributed by atoms with E-state index in [1.54, 1.807) is 0 Å². The van der Waals surface area contributed by atoms with Crippen LogP contribution in [0.15, 0.2) is 33.5 Å². The van der Waals surface area contributed by atoms with E-state index in [1.807, 2.05) is 32.0 Å². The van der Waals surface area contributed by atoms with Gasteiger partial charge in [-0.1, -0.05) is 28.9 Å². The van der Waals surface area contributed by atoms with Crippen LogP contribution in [-0.2, 0) is 6.42 Å². The summed E-state index contributed by atoms with van der Waals surface area (Å²) in [5, 5.41) is 0. The standard InChI is InChI=1S/C13H13BrN2O/c1-3-10-7-12(17)16-13(15-10)11-6-9(14)5-4-8(11)2/h4-7H,3H2,1-2H3,(H,15,16,17). The Morgan fingerprint density at radius 1 is 1.35 bits per heavy atom. The van der Waals surface area contributed by atoms with E-state index in [-0.39, 0.29) is 5.56 Å². The van der Waals surface area contributed by atoms with Crippen LogP contribution in [-0.4, -0.2) is 9.97 Å². The Hall–Kier alpha value is -1.42. The van der Waals surface area contributed by atoms with E-state index in [0.29, 0.717) is 5.82 Å². The lowest BCUT2D eigenvalue weighted by Gasteiger charge is -2.06. The first-order valence-electron chi connectivity index (χ1n) is 5.47. The molecule has 1 aromatic heterocycles. The zero-order valence-electron chi connectivity index (χ0n) is 9.75. The molecule has 1 N–H and O–H groups in total. The van der Waals surface area contributed by atoms with Crippen LogP contribution in [0.25, 0.3) is 11.4 Å².